The number of hydrogen-bond donors (Lipinski definition) is 3. The number of amides is 2. The Morgan fingerprint density at radius 2 is 1.75 bits per heavy atom. The van der Waals surface area contributed by atoms with Gasteiger partial charge in [-0.3, -0.25) is 9.59 Å². The molecular weight excluding hydrogens is 260 g/mol. The number of benzene rings is 1. The number of nitrogens with two attached hydrogens (primary N) is 1. The van der Waals surface area contributed by atoms with Crippen molar-refractivity contribution in [1.82, 2.24) is 5.32 Å². The summed E-state index contributed by atoms with van der Waals surface area (Å²) in [5.41, 5.74) is 4.42. The molecule has 0 aliphatic rings. The van der Waals surface area contributed by atoms with Crippen molar-refractivity contribution in [2.45, 2.75) is 32.2 Å². The number of carbonyl (C=O) groups excluding carboxylic acids is 2. The normalized spacial score (nSPS) is 10.9. The molecule has 1 aromatic rings. The molecule has 0 radical (unpaired) electrons. The zero-order valence-corrected chi connectivity index (χ0v) is 11.5. The van der Waals surface area contributed by atoms with Gasteiger partial charge in [0.15, 0.2) is 0 Å². The number of hydrogen-bond acceptors (Lipinski definition) is 3. The minimum absolute atomic E-state index is 0.00956. The van der Waals surface area contributed by atoms with Crippen LogP contribution in [0.5, 0.6) is 0 Å². The number of carbonyl (C=O) groups is 3. The zero-order valence-electron chi connectivity index (χ0n) is 11.5. The predicted molar refractivity (Wildman–Crippen MR) is 73.4 cm³/mol. The summed E-state index contributed by atoms with van der Waals surface area (Å²) in [7, 11) is 0. The lowest BCUT2D eigenvalue weighted by atomic mass is 9.91. The highest BCUT2D eigenvalue weighted by Gasteiger charge is 2.34. The van der Waals surface area contributed by atoms with Crippen LogP contribution in [0.4, 0.5) is 0 Å². The van der Waals surface area contributed by atoms with Gasteiger partial charge in [-0.25, -0.2) is 4.79 Å². The first-order valence-electron chi connectivity index (χ1n) is 6.32. The summed E-state index contributed by atoms with van der Waals surface area (Å²) in [6.45, 7) is 3.50. The molecule has 0 heterocycles. The largest absolute Gasteiger partial charge is 0.478 e. The van der Waals surface area contributed by atoms with Crippen LogP contribution in [0.25, 0.3) is 0 Å². The molecule has 108 valence electrons. The first-order valence-corrected chi connectivity index (χ1v) is 6.32. The maximum atomic E-state index is 12.1. The molecule has 0 bridgehead atoms. The second-order valence-electron chi connectivity index (χ2n) is 4.49. The topological polar surface area (TPSA) is 109 Å². The van der Waals surface area contributed by atoms with Gasteiger partial charge in [0, 0.05) is 5.56 Å². The molecule has 1 aromatic carbocycles. The van der Waals surface area contributed by atoms with Gasteiger partial charge < -0.3 is 16.2 Å². The number of aromatic carboxylic acids is 1. The molecular formula is C14H18N2O4. The number of nitrogens with one attached hydrogen (secondary N) is 1. The Morgan fingerprint density at radius 3 is 2.20 bits per heavy atom. The van der Waals surface area contributed by atoms with Crippen molar-refractivity contribution in [3.63, 3.8) is 0 Å². The molecule has 0 atom stereocenters. The maximum absolute atomic E-state index is 12.1. The fourth-order valence-corrected chi connectivity index (χ4v) is 1.92. The van der Waals surface area contributed by atoms with Crippen LogP contribution in [0.15, 0.2) is 24.3 Å². The maximum Gasteiger partial charge on any atom is 0.335 e. The van der Waals surface area contributed by atoms with E-state index in [1.165, 1.54) is 24.3 Å². The van der Waals surface area contributed by atoms with Gasteiger partial charge in [0.25, 0.3) is 5.91 Å². The average molecular weight is 278 g/mol. The Morgan fingerprint density at radius 1 is 1.20 bits per heavy atom. The fourth-order valence-electron chi connectivity index (χ4n) is 1.92. The van der Waals surface area contributed by atoms with Crippen molar-refractivity contribution in [3.05, 3.63) is 35.4 Å². The van der Waals surface area contributed by atoms with Gasteiger partial charge in [0.2, 0.25) is 5.91 Å². The van der Waals surface area contributed by atoms with E-state index in [-0.39, 0.29) is 11.1 Å². The molecule has 0 fully saturated rings. The van der Waals surface area contributed by atoms with E-state index in [0.717, 1.165) is 0 Å². The molecule has 0 aromatic heterocycles. The van der Waals surface area contributed by atoms with Crippen LogP contribution < -0.4 is 11.1 Å². The highest BCUT2D eigenvalue weighted by molar-refractivity contribution is 6.00. The fraction of sp³-hybridized carbons (Fsp3) is 0.357. The summed E-state index contributed by atoms with van der Waals surface area (Å²) in [6.07, 6.45) is 0.729. The van der Waals surface area contributed by atoms with Crippen LogP contribution in [0, 0.1) is 0 Å². The third-order valence-electron chi connectivity index (χ3n) is 3.40. The van der Waals surface area contributed by atoms with Gasteiger partial charge in [-0.1, -0.05) is 19.9 Å². The second kappa shape index (κ2) is 6.18. The van der Waals surface area contributed by atoms with E-state index < -0.39 is 23.3 Å². The molecule has 4 N–H and O–H groups in total. The lowest BCUT2D eigenvalue weighted by Crippen LogP contribution is -2.56. The highest BCUT2D eigenvalue weighted by atomic mass is 16.4. The Hall–Kier alpha value is -2.37. The minimum Gasteiger partial charge on any atom is -0.478 e. The number of carboxylic acid groups (broad SMARTS) is 1. The van der Waals surface area contributed by atoms with Gasteiger partial charge in [-0.2, -0.15) is 0 Å². The van der Waals surface area contributed by atoms with E-state index in [9.17, 15) is 14.4 Å². The van der Waals surface area contributed by atoms with Crippen LogP contribution in [-0.4, -0.2) is 28.4 Å². The van der Waals surface area contributed by atoms with Crippen LogP contribution in [0.2, 0.25) is 0 Å². The Kier molecular flexibility index (Phi) is 4.85. The minimum atomic E-state index is -1.12. The van der Waals surface area contributed by atoms with Crippen molar-refractivity contribution >= 4 is 17.8 Å². The van der Waals surface area contributed by atoms with E-state index >= 15 is 0 Å². The standard InChI is InChI=1S/C14H18N2O4/c1-3-14(4-2,13(15)20)16-11(17)9-6-5-7-10(8-9)12(18)19/h5-8H,3-4H2,1-2H3,(H2,15,20)(H,16,17)(H,18,19). The quantitative estimate of drug-likeness (QED) is 0.725. The molecule has 0 aliphatic heterocycles. The van der Waals surface area contributed by atoms with Crippen molar-refractivity contribution in [2.75, 3.05) is 0 Å². The first-order chi connectivity index (χ1) is 9.36. The third-order valence-corrected chi connectivity index (χ3v) is 3.40. The Labute approximate surface area is 117 Å². The van der Waals surface area contributed by atoms with E-state index in [0.29, 0.717) is 12.8 Å². The summed E-state index contributed by atoms with van der Waals surface area (Å²) in [4.78, 5) is 34.6. The molecule has 0 aliphatic carbocycles. The zero-order chi connectivity index (χ0) is 15.3. The van der Waals surface area contributed by atoms with Gasteiger partial charge in [0.1, 0.15) is 5.54 Å². The highest BCUT2D eigenvalue weighted by Crippen LogP contribution is 2.16. The average Bonchev–Trinajstić information content (AvgIpc) is 2.44. The van der Waals surface area contributed by atoms with Crippen LogP contribution in [0.3, 0.4) is 0 Å². The first kappa shape index (κ1) is 15.7. The van der Waals surface area contributed by atoms with E-state index in [2.05, 4.69) is 5.32 Å². The summed E-state index contributed by atoms with van der Waals surface area (Å²) in [5, 5.41) is 11.5. The number of rotatable bonds is 6. The lowest BCUT2D eigenvalue weighted by molar-refractivity contribution is -0.124. The van der Waals surface area contributed by atoms with Crippen molar-refractivity contribution in [1.29, 1.82) is 0 Å². The molecule has 2 amide bonds. The summed E-state index contributed by atoms with van der Waals surface area (Å²) < 4.78 is 0. The summed E-state index contributed by atoms with van der Waals surface area (Å²) in [5.74, 6) is -2.24. The monoisotopic (exact) mass is 278 g/mol. The Balaban J connectivity index is 3.04. The second-order valence-corrected chi connectivity index (χ2v) is 4.49. The molecule has 1 rings (SSSR count). The van der Waals surface area contributed by atoms with Crippen LogP contribution in [0.1, 0.15) is 47.4 Å². The molecule has 6 heteroatoms. The van der Waals surface area contributed by atoms with Gasteiger partial charge in [-0.15, -0.1) is 0 Å². The van der Waals surface area contributed by atoms with Gasteiger partial charge >= 0.3 is 5.97 Å². The van der Waals surface area contributed by atoms with Gasteiger partial charge in [-0.05, 0) is 31.0 Å². The SMILES string of the molecule is CCC(CC)(NC(=O)c1cccc(C(=O)O)c1)C(N)=O. The van der Waals surface area contributed by atoms with E-state index in [4.69, 9.17) is 10.8 Å². The van der Waals surface area contributed by atoms with Gasteiger partial charge in [0.05, 0.1) is 5.56 Å². The smallest absolute Gasteiger partial charge is 0.335 e. The molecule has 20 heavy (non-hydrogen) atoms. The molecule has 6 nitrogen and oxygen atoms in total. The van der Waals surface area contributed by atoms with Crippen molar-refractivity contribution in [3.8, 4) is 0 Å². The lowest BCUT2D eigenvalue weighted by Gasteiger charge is -2.29. The molecule has 0 spiro atoms. The van der Waals surface area contributed by atoms with E-state index in [1.807, 2.05) is 0 Å². The molecule has 0 unspecified atom stereocenters. The number of primary amides is 1. The predicted octanol–water partition coefficient (Wildman–Crippen LogP) is 1.16. The number of carboxylic acids is 1. The van der Waals surface area contributed by atoms with E-state index in [1.54, 1.807) is 13.8 Å². The summed E-state index contributed by atoms with van der Waals surface area (Å²) in [6, 6.07) is 5.61. The van der Waals surface area contributed by atoms with Crippen LogP contribution in [-0.2, 0) is 4.79 Å². The molecule has 0 saturated heterocycles. The van der Waals surface area contributed by atoms with Crippen molar-refractivity contribution < 1.29 is 19.5 Å². The summed E-state index contributed by atoms with van der Waals surface area (Å²) >= 11 is 0. The Bertz CT molecular complexity index is 536. The van der Waals surface area contributed by atoms with Crippen LogP contribution >= 0.6 is 0 Å². The third kappa shape index (κ3) is 3.14. The molecule has 0 saturated carbocycles. The van der Waals surface area contributed by atoms with Crippen molar-refractivity contribution in [2.24, 2.45) is 5.73 Å².